The molecule has 2 aromatic rings. The van der Waals surface area contributed by atoms with Crippen LogP contribution in [0.5, 0.6) is 0 Å². The average Bonchev–Trinajstić information content (AvgIpc) is 2.50. The van der Waals surface area contributed by atoms with Crippen LogP contribution in [0, 0.1) is 11.3 Å². The van der Waals surface area contributed by atoms with Gasteiger partial charge in [-0.25, -0.2) is 4.98 Å². The summed E-state index contributed by atoms with van der Waals surface area (Å²) in [6.45, 7) is 0. The fourth-order valence-corrected chi connectivity index (χ4v) is 0.986. The first-order valence-electron chi connectivity index (χ1n) is 3.22. The molecular formula is C8H5N3. The highest BCUT2D eigenvalue weighted by atomic mass is 15.0. The first-order chi connectivity index (χ1) is 5.40. The second-order valence-electron chi connectivity index (χ2n) is 2.26. The Bertz CT molecular complexity index is 422. The Morgan fingerprint density at radius 1 is 1.45 bits per heavy atom. The van der Waals surface area contributed by atoms with Crippen LogP contribution in [0.2, 0.25) is 0 Å². The predicted octanol–water partition coefficient (Wildman–Crippen LogP) is 1.21. The zero-order valence-electron chi connectivity index (χ0n) is 5.73. The highest BCUT2D eigenvalue weighted by molar-refractivity contribution is 5.47. The molecule has 11 heavy (non-hydrogen) atoms. The van der Waals surface area contributed by atoms with Gasteiger partial charge in [-0.05, 0) is 12.1 Å². The molecule has 0 unspecified atom stereocenters. The summed E-state index contributed by atoms with van der Waals surface area (Å²) in [6.07, 6.45) is 5.18. The van der Waals surface area contributed by atoms with Gasteiger partial charge in [-0.1, -0.05) is 0 Å². The van der Waals surface area contributed by atoms with E-state index in [2.05, 4.69) is 11.1 Å². The van der Waals surface area contributed by atoms with Gasteiger partial charge in [0.15, 0.2) is 0 Å². The van der Waals surface area contributed by atoms with Crippen LogP contribution in [0.15, 0.2) is 30.9 Å². The molecule has 0 aliphatic carbocycles. The molecule has 0 bridgehead atoms. The lowest BCUT2D eigenvalue weighted by molar-refractivity contribution is 1.15. The topological polar surface area (TPSA) is 41.1 Å². The molecule has 0 aliphatic heterocycles. The summed E-state index contributed by atoms with van der Waals surface area (Å²) in [4.78, 5) is 3.93. The molecule has 0 saturated heterocycles. The normalized spacial score (nSPS) is 9.73. The third kappa shape index (κ3) is 0.849. The number of nitrogens with zero attached hydrogens (tertiary/aromatic N) is 3. The van der Waals surface area contributed by atoms with Gasteiger partial charge in [-0.2, -0.15) is 5.26 Å². The Labute approximate surface area is 63.5 Å². The lowest BCUT2D eigenvalue weighted by Crippen LogP contribution is -1.82. The van der Waals surface area contributed by atoms with Gasteiger partial charge < -0.3 is 4.40 Å². The zero-order chi connectivity index (χ0) is 7.68. The van der Waals surface area contributed by atoms with E-state index in [4.69, 9.17) is 5.26 Å². The lowest BCUT2D eigenvalue weighted by Gasteiger charge is -1.91. The fraction of sp³-hybridized carbons (Fsp3) is 0. The van der Waals surface area contributed by atoms with Crippen LogP contribution in [0.3, 0.4) is 0 Å². The largest absolute Gasteiger partial charge is 0.305 e. The molecule has 3 nitrogen and oxygen atoms in total. The number of fused-ring (bicyclic) bond motifs is 1. The molecule has 0 atom stereocenters. The monoisotopic (exact) mass is 143 g/mol. The molecule has 2 rings (SSSR count). The summed E-state index contributed by atoms with van der Waals surface area (Å²) in [7, 11) is 0. The molecule has 0 radical (unpaired) electrons. The summed E-state index contributed by atoms with van der Waals surface area (Å²) in [5, 5.41) is 8.55. The van der Waals surface area contributed by atoms with E-state index < -0.39 is 0 Å². The fourth-order valence-electron chi connectivity index (χ4n) is 0.986. The summed E-state index contributed by atoms with van der Waals surface area (Å²) in [5.74, 6) is 0. The third-order valence-corrected chi connectivity index (χ3v) is 1.54. The Morgan fingerprint density at radius 3 is 3.18 bits per heavy atom. The van der Waals surface area contributed by atoms with Crippen molar-refractivity contribution in [1.82, 2.24) is 9.38 Å². The van der Waals surface area contributed by atoms with Crippen molar-refractivity contribution in [2.45, 2.75) is 0 Å². The van der Waals surface area contributed by atoms with Gasteiger partial charge in [-0.15, -0.1) is 0 Å². The van der Waals surface area contributed by atoms with Crippen molar-refractivity contribution in [3.8, 4) is 6.07 Å². The van der Waals surface area contributed by atoms with E-state index in [0.717, 1.165) is 5.52 Å². The minimum atomic E-state index is 0.649. The molecule has 2 aromatic heterocycles. The van der Waals surface area contributed by atoms with Crippen molar-refractivity contribution in [2.24, 2.45) is 0 Å². The molecular weight excluding hydrogens is 138 g/mol. The maximum atomic E-state index is 8.55. The Balaban J connectivity index is 2.79. The van der Waals surface area contributed by atoms with Gasteiger partial charge in [-0.3, -0.25) is 0 Å². The second-order valence-corrected chi connectivity index (χ2v) is 2.26. The van der Waals surface area contributed by atoms with Crippen LogP contribution in [0.25, 0.3) is 5.52 Å². The maximum Gasteiger partial charge on any atom is 0.101 e. The van der Waals surface area contributed by atoms with Crippen LogP contribution in [-0.2, 0) is 0 Å². The van der Waals surface area contributed by atoms with E-state index in [1.54, 1.807) is 24.8 Å². The number of nitriles is 1. The highest BCUT2D eigenvalue weighted by Crippen LogP contribution is 2.03. The number of aromatic nitrogens is 2. The minimum absolute atomic E-state index is 0.649. The van der Waals surface area contributed by atoms with E-state index in [9.17, 15) is 0 Å². The molecule has 0 spiro atoms. The van der Waals surface area contributed by atoms with Gasteiger partial charge in [0.1, 0.15) is 6.07 Å². The van der Waals surface area contributed by atoms with Crippen LogP contribution >= 0.6 is 0 Å². The maximum absolute atomic E-state index is 8.55. The summed E-state index contributed by atoms with van der Waals surface area (Å²) < 4.78 is 1.82. The smallest absolute Gasteiger partial charge is 0.101 e. The summed E-state index contributed by atoms with van der Waals surface area (Å²) in [6, 6.07) is 5.70. The Hall–Kier alpha value is -1.82. The number of hydrogen-bond acceptors (Lipinski definition) is 2. The van der Waals surface area contributed by atoms with Gasteiger partial charge >= 0.3 is 0 Å². The van der Waals surface area contributed by atoms with Crippen LogP contribution in [0.4, 0.5) is 0 Å². The number of rotatable bonds is 0. The van der Waals surface area contributed by atoms with Crippen LogP contribution in [-0.4, -0.2) is 9.38 Å². The summed E-state index contributed by atoms with van der Waals surface area (Å²) in [5.41, 5.74) is 1.65. The molecule has 0 aliphatic rings. The molecule has 2 heterocycles. The third-order valence-electron chi connectivity index (χ3n) is 1.54. The quantitative estimate of drug-likeness (QED) is 0.556. The Morgan fingerprint density at radius 2 is 2.36 bits per heavy atom. The molecule has 0 aromatic carbocycles. The Kier molecular flexibility index (Phi) is 1.13. The van der Waals surface area contributed by atoms with E-state index in [1.165, 1.54) is 0 Å². The molecule has 0 N–H and O–H groups in total. The van der Waals surface area contributed by atoms with E-state index in [0.29, 0.717) is 5.56 Å². The van der Waals surface area contributed by atoms with Gasteiger partial charge in [0.05, 0.1) is 23.6 Å². The van der Waals surface area contributed by atoms with E-state index >= 15 is 0 Å². The number of imidazole rings is 1. The average molecular weight is 143 g/mol. The molecule has 0 amide bonds. The standard InChI is InChI=1S/C8H5N3/c9-3-7-1-2-8-4-10-6-11(8)5-7/h1-2,4-6H. The summed E-state index contributed by atoms with van der Waals surface area (Å²) >= 11 is 0. The predicted molar refractivity (Wildman–Crippen MR) is 39.9 cm³/mol. The lowest BCUT2D eigenvalue weighted by atomic mass is 10.3. The van der Waals surface area contributed by atoms with Crippen LogP contribution < -0.4 is 0 Å². The van der Waals surface area contributed by atoms with Gasteiger partial charge in [0, 0.05) is 6.20 Å². The number of hydrogen-bond donors (Lipinski definition) is 0. The highest BCUT2D eigenvalue weighted by Gasteiger charge is 1.92. The first kappa shape index (κ1) is 5.93. The van der Waals surface area contributed by atoms with Crippen molar-refractivity contribution < 1.29 is 0 Å². The van der Waals surface area contributed by atoms with Crippen molar-refractivity contribution in [3.05, 3.63) is 36.4 Å². The van der Waals surface area contributed by atoms with Gasteiger partial charge in [0.25, 0.3) is 0 Å². The van der Waals surface area contributed by atoms with Crippen molar-refractivity contribution in [3.63, 3.8) is 0 Å². The molecule has 0 fully saturated rings. The number of pyridine rings is 1. The minimum Gasteiger partial charge on any atom is -0.305 e. The van der Waals surface area contributed by atoms with E-state index in [1.807, 2.05) is 10.5 Å². The first-order valence-corrected chi connectivity index (χ1v) is 3.22. The molecule has 52 valence electrons. The van der Waals surface area contributed by atoms with Crippen molar-refractivity contribution in [1.29, 1.82) is 5.26 Å². The van der Waals surface area contributed by atoms with Crippen LogP contribution in [0.1, 0.15) is 5.56 Å². The molecule has 0 saturated carbocycles. The zero-order valence-corrected chi connectivity index (χ0v) is 5.73. The van der Waals surface area contributed by atoms with Crippen molar-refractivity contribution >= 4 is 5.52 Å². The second kappa shape index (κ2) is 2.10. The van der Waals surface area contributed by atoms with Gasteiger partial charge in [0.2, 0.25) is 0 Å². The SMILES string of the molecule is N#Cc1ccc2cncn2c1. The van der Waals surface area contributed by atoms with Crippen molar-refractivity contribution in [2.75, 3.05) is 0 Å². The van der Waals surface area contributed by atoms with E-state index in [-0.39, 0.29) is 0 Å². The molecule has 3 heteroatoms.